The lowest BCUT2D eigenvalue weighted by molar-refractivity contribution is 0.0394. The van der Waals surface area contributed by atoms with Gasteiger partial charge < -0.3 is 4.90 Å². The quantitative estimate of drug-likeness (QED) is 0.452. The third-order valence-corrected chi connectivity index (χ3v) is 6.82. The van der Waals surface area contributed by atoms with Crippen LogP contribution in [0.25, 0.3) is 22.2 Å². The second kappa shape index (κ2) is 7.43. The number of amides is 1. The number of hydrogen-bond donors (Lipinski definition) is 0. The van der Waals surface area contributed by atoms with Crippen LogP contribution in [0.5, 0.6) is 0 Å². The molecule has 0 saturated carbocycles. The summed E-state index contributed by atoms with van der Waals surface area (Å²) in [5.74, 6) is -1.29. The summed E-state index contributed by atoms with van der Waals surface area (Å²) in [6.45, 7) is 0. The maximum absolute atomic E-state index is 14.0. The second-order valence-electron chi connectivity index (χ2n) is 8.76. The first kappa shape index (κ1) is 20.0. The van der Waals surface area contributed by atoms with Crippen molar-refractivity contribution in [3.63, 3.8) is 0 Å². The zero-order valence-electron chi connectivity index (χ0n) is 18.0. The Labute approximate surface area is 188 Å². The molecule has 6 nitrogen and oxygen atoms in total. The van der Waals surface area contributed by atoms with Crippen molar-refractivity contribution in [2.75, 3.05) is 0 Å². The van der Waals surface area contributed by atoms with Crippen LogP contribution in [-0.2, 0) is 13.5 Å². The van der Waals surface area contributed by atoms with Gasteiger partial charge in [0, 0.05) is 54.3 Å². The smallest absolute Gasteiger partial charge is 0.255 e. The zero-order chi connectivity index (χ0) is 22.7. The number of benzene rings is 1. The van der Waals surface area contributed by atoms with Gasteiger partial charge in [0.25, 0.3) is 5.91 Å². The molecule has 0 radical (unpaired) electrons. The molecule has 2 atom stereocenters. The van der Waals surface area contributed by atoms with E-state index in [9.17, 15) is 13.6 Å². The van der Waals surface area contributed by atoms with E-state index >= 15 is 0 Å². The molecule has 0 spiro atoms. The standard InChI is InChI=1S/C25H21F2N5O/c1-31-24(14-9-15(26)11-16(27)10-14)19-12-17-3-2-4-22(23(19)30-31)32(17)25(33)18-5-8-29-21-6-7-28-13-20(18)21/h5-11,13,17,22H,2-4,12H2,1H3. The van der Waals surface area contributed by atoms with Gasteiger partial charge in [0.2, 0.25) is 0 Å². The van der Waals surface area contributed by atoms with Crippen molar-refractivity contribution >= 4 is 16.8 Å². The molecule has 1 amide bonds. The Hall–Kier alpha value is -3.68. The summed E-state index contributed by atoms with van der Waals surface area (Å²) in [6.07, 6.45) is 8.25. The van der Waals surface area contributed by atoms with Crippen LogP contribution >= 0.6 is 0 Å². The summed E-state index contributed by atoms with van der Waals surface area (Å²) in [5, 5.41) is 5.48. The number of carbonyl (C=O) groups excluding carboxylic acids is 1. The van der Waals surface area contributed by atoms with Crippen molar-refractivity contribution in [2.24, 2.45) is 7.05 Å². The number of aryl methyl sites for hydroxylation is 1. The predicted octanol–water partition coefficient (Wildman–Crippen LogP) is 4.60. The Balaban J connectivity index is 1.46. The third-order valence-electron chi connectivity index (χ3n) is 6.82. The van der Waals surface area contributed by atoms with E-state index < -0.39 is 11.6 Å². The van der Waals surface area contributed by atoms with Crippen molar-refractivity contribution in [3.05, 3.63) is 77.4 Å². The summed E-state index contributed by atoms with van der Waals surface area (Å²) in [6, 6.07) is 6.90. The Morgan fingerprint density at radius 1 is 1.09 bits per heavy atom. The van der Waals surface area contributed by atoms with Gasteiger partial charge in [-0.25, -0.2) is 8.78 Å². The Morgan fingerprint density at radius 2 is 1.91 bits per heavy atom. The maximum atomic E-state index is 14.0. The van der Waals surface area contributed by atoms with Gasteiger partial charge in [0.05, 0.1) is 28.5 Å². The molecule has 2 unspecified atom stereocenters. The van der Waals surface area contributed by atoms with E-state index in [1.807, 2.05) is 4.90 Å². The number of nitrogens with zero attached hydrogens (tertiary/aromatic N) is 5. The number of rotatable bonds is 2. The monoisotopic (exact) mass is 445 g/mol. The molecule has 2 aliphatic heterocycles. The summed E-state index contributed by atoms with van der Waals surface area (Å²) in [5.41, 5.74) is 4.28. The van der Waals surface area contributed by atoms with Gasteiger partial charge in [-0.05, 0) is 49.9 Å². The molecule has 166 valence electrons. The molecule has 8 heteroatoms. The first-order valence-electron chi connectivity index (χ1n) is 11.0. The van der Waals surface area contributed by atoms with Crippen LogP contribution < -0.4 is 0 Å². The van der Waals surface area contributed by atoms with E-state index in [0.717, 1.165) is 47.5 Å². The Kier molecular flexibility index (Phi) is 4.50. The summed E-state index contributed by atoms with van der Waals surface area (Å²) in [4.78, 5) is 24.3. The molecule has 33 heavy (non-hydrogen) atoms. The molecule has 0 aliphatic carbocycles. The number of piperidine rings is 1. The average molecular weight is 445 g/mol. The first-order chi connectivity index (χ1) is 16.0. The van der Waals surface area contributed by atoms with E-state index in [0.29, 0.717) is 23.2 Å². The number of fused-ring (bicyclic) bond motifs is 5. The average Bonchev–Trinajstić information content (AvgIpc) is 3.13. The number of pyridine rings is 2. The first-order valence-corrected chi connectivity index (χ1v) is 11.0. The van der Waals surface area contributed by atoms with E-state index in [1.165, 1.54) is 12.1 Å². The Morgan fingerprint density at radius 3 is 2.73 bits per heavy atom. The fourth-order valence-corrected chi connectivity index (χ4v) is 5.52. The largest absolute Gasteiger partial charge is 0.327 e. The highest BCUT2D eigenvalue weighted by Crippen LogP contribution is 2.45. The molecule has 0 N–H and O–H groups in total. The minimum atomic E-state index is -0.620. The van der Waals surface area contributed by atoms with Gasteiger partial charge >= 0.3 is 0 Å². The highest BCUT2D eigenvalue weighted by Gasteiger charge is 2.43. The molecule has 1 fully saturated rings. The predicted molar refractivity (Wildman–Crippen MR) is 118 cm³/mol. The van der Waals surface area contributed by atoms with Crippen LogP contribution in [-0.4, -0.2) is 36.6 Å². The molecule has 5 heterocycles. The van der Waals surface area contributed by atoms with Crippen molar-refractivity contribution in [1.29, 1.82) is 0 Å². The number of carbonyl (C=O) groups is 1. The van der Waals surface area contributed by atoms with Gasteiger partial charge in [-0.1, -0.05) is 0 Å². The van der Waals surface area contributed by atoms with Gasteiger partial charge in [-0.2, -0.15) is 5.10 Å². The van der Waals surface area contributed by atoms with E-state index in [4.69, 9.17) is 5.10 Å². The lowest BCUT2D eigenvalue weighted by atomic mass is 9.81. The van der Waals surface area contributed by atoms with Gasteiger partial charge in [-0.3, -0.25) is 19.4 Å². The topological polar surface area (TPSA) is 63.9 Å². The highest BCUT2D eigenvalue weighted by atomic mass is 19.1. The molecule has 4 aromatic rings. The summed E-state index contributed by atoms with van der Waals surface area (Å²) >= 11 is 0. The Bertz CT molecular complexity index is 1390. The van der Waals surface area contributed by atoms with Gasteiger partial charge in [0.1, 0.15) is 11.6 Å². The van der Waals surface area contributed by atoms with Crippen molar-refractivity contribution in [3.8, 4) is 11.3 Å². The van der Waals surface area contributed by atoms with E-state index in [1.54, 1.807) is 42.5 Å². The number of aromatic nitrogens is 4. The van der Waals surface area contributed by atoms with Crippen molar-refractivity contribution in [2.45, 2.75) is 37.8 Å². The number of halogens is 2. The summed E-state index contributed by atoms with van der Waals surface area (Å²) in [7, 11) is 1.79. The lowest BCUT2D eigenvalue weighted by Crippen LogP contribution is -2.49. The second-order valence-corrected chi connectivity index (χ2v) is 8.76. The lowest BCUT2D eigenvalue weighted by Gasteiger charge is -2.45. The minimum Gasteiger partial charge on any atom is -0.327 e. The van der Waals surface area contributed by atoms with Crippen LogP contribution in [0.4, 0.5) is 8.78 Å². The molecule has 3 aromatic heterocycles. The molecule has 2 bridgehead atoms. The SMILES string of the molecule is Cn1nc2c(c1-c1cc(F)cc(F)c1)CC1CCCC2N1C(=O)c1ccnc2ccncc12. The molecule has 2 aliphatic rings. The normalized spacial score (nSPS) is 19.5. The molecule has 1 saturated heterocycles. The van der Waals surface area contributed by atoms with Gasteiger partial charge in [-0.15, -0.1) is 0 Å². The molecule has 6 rings (SSSR count). The fourth-order valence-electron chi connectivity index (χ4n) is 5.52. The fraction of sp³-hybridized carbons (Fsp3) is 0.280. The van der Waals surface area contributed by atoms with Gasteiger partial charge in [0.15, 0.2) is 0 Å². The zero-order valence-corrected chi connectivity index (χ0v) is 18.0. The molecular weight excluding hydrogens is 424 g/mol. The van der Waals surface area contributed by atoms with E-state index in [2.05, 4.69) is 9.97 Å². The van der Waals surface area contributed by atoms with Crippen LogP contribution in [0, 0.1) is 11.6 Å². The van der Waals surface area contributed by atoms with Crippen molar-refractivity contribution in [1.82, 2.24) is 24.6 Å². The van der Waals surface area contributed by atoms with E-state index in [-0.39, 0.29) is 18.0 Å². The summed E-state index contributed by atoms with van der Waals surface area (Å²) < 4.78 is 29.6. The van der Waals surface area contributed by atoms with Crippen LogP contribution in [0.1, 0.15) is 46.9 Å². The minimum absolute atomic E-state index is 0.00927. The van der Waals surface area contributed by atoms with Crippen molar-refractivity contribution < 1.29 is 13.6 Å². The molecular formula is C25H21F2N5O. The molecule has 1 aromatic carbocycles. The maximum Gasteiger partial charge on any atom is 0.255 e. The third kappa shape index (κ3) is 3.12. The number of hydrogen-bond acceptors (Lipinski definition) is 4. The van der Waals surface area contributed by atoms with Crippen LogP contribution in [0.2, 0.25) is 0 Å². The van der Waals surface area contributed by atoms with Crippen LogP contribution in [0.3, 0.4) is 0 Å². The van der Waals surface area contributed by atoms with Crippen LogP contribution in [0.15, 0.2) is 48.9 Å². The highest BCUT2D eigenvalue weighted by molar-refractivity contribution is 6.06.